The Bertz CT molecular complexity index is 900. The van der Waals surface area contributed by atoms with Gasteiger partial charge in [0.05, 0.1) is 22.5 Å². The standard InChI is InChI=1S/C22H32O7SSi/c1-17(2)29-20-9-13-22(14-10-20)30(23,24)21-11-7-19(8-12-21)28-15-18(3)16-31(25-4,26-5)27-6/h7-14,17-18H,15-16H2,1-6H3. The van der Waals surface area contributed by atoms with Gasteiger partial charge in [-0.2, -0.15) is 0 Å². The summed E-state index contributed by atoms with van der Waals surface area (Å²) < 4.78 is 53.5. The van der Waals surface area contributed by atoms with Gasteiger partial charge in [-0.05, 0) is 68.3 Å². The van der Waals surface area contributed by atoms with E-state index in [0.717, 1.165) is 0 Å². The second-order valence-corrected chi connectivity index (χ2v) is 12.5. The van der Waals surface area contributed by atoms with Crippen LogP contribution in [-0.4, -0.2) is 51.3 Å². The van der Waals surface area contributed by atoms with Gasteiger partial charge >= 0.3 is 8.80 Å². The van der Waals surface area contributed by atoms with Crippen LogP contribution < -0.4 is 9.47 Å². The first-order valence-electron chi connectivity index (χ1n) is 10.1. The van der Waals surface area contributed by atoms with E-state index in [4.69, 9.17) is 22.8 Å². The normalized spacial score (nSPS) is 13.3. The fourth-order valence-electron chi connectivity index (χ4n) is 3.04. The smallest absolute Gasteiger partial charge is 0.493 e. The van der Waals surface area contributed by atoms with Gasteiger partial charge in [-0.3, -0.25) is 0 Å². The van der Waals surface area contributed by atoms with Crippen molar-refractivity contribution < 1.29 is 31.2 Å². The molecule has 2 rings (SSSR count). The first-order valence-corrected chi connectivity index (χ1v) is 13.5. The van der Waals surface area contributed by atoms with Gasteiger partial charge in [-0.1, -0.05) is 6.92 Å². The van der Waals surface area contributed by atoms with Gasteiger partial charge < -0.3 is 22.8 Å². The average Bonchev–Trinajstić information content (AvgIpc) is 2.76. The molecule has 31 heavy (non-hydrogen) atoms. The summed E-state index contributed by atoms with van der Waals surface area (Å²) in [5.41, 5.74) is 0. The third-order valence-corrected chi connectivity index (χ3v) is 9.55. The molecule has 9 heteroatoms. The molecule has 7 nitrogen and oxygen atoms in total. The van der Waals surface area contributed by atoms with E-state index >= 15 is 0 Å². The van der Waals surface area contributed by atoms with Gasteiger partial charge in [0.15, 0.2) is 0 Å². The van der Waals surface area contributed by atoms with Crippen LogP contribution in [0.4, 0.5) is 0 Å². The van der Waals surface area contributed by atoms with Crippen LogP contribution in [0, 0.1) is 5.92 Å². The molecule has 0 heterocycles. The average molecular weight is 469 g/mol. The van der Waals surface area contributed by atoms with E-state index < -0.39 is 18.6 Å². The summed E-state index contributed by atoms with van der Waals surface area (Å²) in [6.07, 6.45) is 0.0231. The van der Waals surface area contributed by atoms with Crippen molar-refractivity contribution in [2.45, 2.75) is 42.7 Å². The molecular formula is C22H32O7SSi. The molecule has 0 aromatic heterocycles. The van der Waals surface area contributed by atoms with Gasteiger partial charge in [0.25, 0.3) is 0 Å². The number of sulfone groups is 1. The summed E-state index contributed by atoms with van der Waals surface area (Å²) in [6, 6.07) is 13.4. The summed E-state index contributed by atoms with van der Waals surface area (Å²) in [5, 5.41) is 0. The molecule has 0 aliphatic heterocycles. The Morgan fingerprint density at radius 2 is 1.23 bits per heavy atom. The lowest BCUT2D eigenvalue weighted by molar-refractivity contribution is 0.114. The zero-order chi connectivity index (χ0) is 23.1. The molecule has 0 bridgehead atoms. The van der Waals surface area contributed by atoms with Crippen molar-refractivity contribution in [2.75, 3.05) is 27.9 Å². The summed E-state index contributed by atoms with van der Waals surface area (Å²) >= 11 is 0. The molecule has 0 aliphatic rings. The number of rotatable bonds is 12. The van der Waals surface area contributed by atoms with Crippen molar-refractivity contribution in [3.63, 3.8) is 0 Å². The second-order valence-electron chi connectivity index (χ2n) is 7.53. The second kappa shape index (κ2) is 11.1. The molecule has 0 radical (unpaired) electrons. The molecule has 1 unspecified atom stereocenters. The Morgan fingerprint density at radius 1 is 0.774 bits per heavy atom. The van der Waals surface area contributed by atoms with Crippen molar-refractivity contribution in [1.82, 2.24) is 0 Å². The van der Waals surface area contributed by atoms with Crippen LogP contribution in [0.3, 0.4) is 0 Å². The van der Waals surface area contributed by atoms with Crippen LogP contribution in [0.1, 0.15) is 20.8 Å². The van der Waals surface area contributed by atoms with E-state index in [0.29, 0.717) is 24.2 Å². The van der Waals surface area contributed by atoms with Gasteiger partial charge in [0.2, 0.25) is 9.84 Å². The number of hydrogen-bond acceptors (Lipinski definition) is 7. The third kappa shape index (κ3) is 6.78. The molecule has 1 atom stereocenters. The third-order valence-electron chi connectivity index (χ3n) is 4.71. The van der Waals surface area contributed by atoms with E-state index in [1.807, 2.05) is 20.8 Å². The topological polar surface area (TPSA) is 80.3 Å². The Labute approximate surface area is 186 Å². The van der Waals surface area contributed by atoms with Crippen LogP contribution in [0.5, 0.6) is 11.5 Å². The summed E-state index contributed by atoms with van der Waals surface area (Å²) in [6.45, 7) is 6.28. The lowest BCUT2D eigenvalue weighted by Crippen LogP contribution is -2.44. The van der Waals surface area contributed by atoms with Crippen molar-refractivity contribution in [1.29, 1.82) is 0 Å². The fourth-order valence-corrected chi connectivity index (χ4v) is 6.28. The molecule has 0 amide bonds. The first kappa shape index (κ1) is 25.3. The van der Waals surface area contributed by atoms with E-state index in [-0.39, 0.29) is 21.8 Å². The SMILES string of the molecule is CO[Si](CC(C)COc1ccc(S(=O)(=O)c2ccc(OC(C)C)cc2)cc1)(OC)OC. The predicted octanol–water partition coefficient (Wildman–Crippen LogP) is 4.20. The molecule has 2 aromatic carbocycles. The zero-order valence-corrected chi connectivity index (χ0v) is 20.8. The number of benzene rings is 2. The highest BCUT2D eigenvalue weighted by molar-refractivity contribution is 7.91. The Hall–Kier alpha value is -1.91. The van der Waals surface area contributed by atoms with Gasteiger partial charge in [-0.25, -0.2) is 8.42 Å². The summed E-state index contributed by atoms with van der Waals surface area (Å²) in [4.78, 5) is 0.417. The minimum atomic E-state index is -3.62. The van der Waals surface area contributed by atoms with Gasteiger partial charge in [0, 0.05) is 27.4 Å². The molecule has 0 N–H and O–H groups in total. The first-order chi connectivity index (χ1) is 14.7. The monoisotopic (exact) mass is 468 g/mol. The van der Waals surface area contributed by atoms with E-state index in [1.165, 1.54) is 0 Å². The van der Waals surface area contributed by atoms with Crippen LogP contribution in [-0.2, 0) is 23.1 Å². The quantitative estimate of drug-likeness (QED) is 0.432. The van der Waals surface area contributed by atoms with Crippen molar-refractivity contribution >= 4 is 18.6 Å². The van der Waals surface area contributed by atoms with Crippen LogP contribution in [0.2, 0.25) is 6.04 Å². The molecule has 172 valence electrons. The number of hydrogen-bond donors (Lipinski definition) is 0. The summed E-state index contributed by atoms with van der Waals surface area (Å²) in [5.74, 6) is 1.35. The maximum atomic E-state index is 12.9. The fraction of sp³-hybridized carbons (Fsp3) is 0.455. The highest BCUT2D eigenvalue weighted by Gasteiger charge is 2.39. The highest BCUT2D eigenvalue weighted by atomic mass is 32.2. The van der Waals surface area contributed by atoms with Crippen LogP contribution in [0.15, 0.2) is 58.3 Å². The zero-order valence-electron chi connectivity index (χ0n) is 19.0. The maximum absolute atomic E-state index is 12.9. The number of ether oxygens (including phenoxy) is 2. The minimum absolute atomic E-state index is 0.0231. The maximum Gasteiger partial charge on any atom is 0.500 e. The van der Waals surface area contributed by atoms with Crippen molar-refractivity contribution in [3.05, 3.63) is 48.5 Å². The van der Waals surface area contributed by atoms with Gasteiger partial charge in [0.1, 0.15) is 11.5 Å². The van der Waals surface area contributed by atoms with E-state index in [1.54, 1.807) is 69.9 Å². The summed E-state index contributed by atoms with van der Waals surface area (Å²) in [7, 11) is -1.55. The largest absolute Gasteiger partial charge is 0.500 e. The Kier molecular flexibility index (Phi) is 9.08. The molecule has 0 saturated heterocycles. The van der Waals surface area contributed by atoms with E-state index in [9.17, 15) is 8.42 Å². The lowest BCUT2D eigenvalue weighted by atomic mass is 10.2. The van der Waals surface area contributed by atoms with Crippen LogP contribution in [0.25, 0.3) is 0 Å². The molecule has 0 aliphatic carbocycles. The highest BCUT2D eigenvalue weighted by Crippen LogP contribution is 2.26. The molecule has 2 aromatic rings. The molecule has 0 saturated carbocycles. The van der Waals surface area contributed by atoms with Gasteiger partial charge in [-0.15, -0.1) is 0 Å². The Balaban J connectivity index is 2.02. The Morgan fingerprint density at radius 3 is 1.65 bits per heavy atom. The minimum Gasteiger partial charge on any atom is -0.493 e. The van der Waals surface area contributed by atoms with E-state index in [2.05, 4.69) is 0 Å². The van der Waals surface area contributed by atoms with Crippen molar-refractivity contribution in [3.8, 4) is 11.5 Å². The lowest BCUT2D eigenvalue weighted by Gasteiger charge is -2.27. The predicted molar refractivity (Wildman–Crippen MR) is 120 cm³/mol. The molecule has 0 spiro atoms. The van der Waals surface area contributed by atoms with Crippen LogP contribution >= 0.6 is 0 Å². The molecular weight excluding hydrogens is 436 g/mol. The molecule has 0 fully saturated rings. The van der Waals surface area contributed by atoms with Crippen molar-refractivity contribution in [2.24, 2.45) is 5.92 Å².